The van der Waals surface area contributed by atoms with E-state index < -0.39 is 6.04 Å². The van der Waals surface area contributed by atoms with Crippen LogP contribution in [0.15, 0.2) is 36.7 Å². The molecule has 0 saturated carbocycles. The lowest BCUT2D eigenvalue weighted by molar-refractivity contribution is -0.123. The summed E-state index contributed by atoms with van der Waals surface area (Å²) in [5.41, 5.74) is 1.81. The molecule has 2 heterocycles. The first-order valence-electron chi connectivity index (χ1n) is 6.95. The summed E-state index contributed by atoms with van der Waals surface area (Å²) in [7, 11) is 3.59. The Morgan fingerprint density at radius 3 is 2.91 bits per heavy atom. The molecule has 0 aliphatic heterocycles. The van der Waals surface area contributed by atoms with E-state index in [1.54, 1.807) is 29.3 Å². The average molecular weight is 315 g/mol. The molecule has 6 nitrogen and oxygen atoms in total. The molecule has 0 bridgehead atoms. The van der Waals surface area contributed by atoms with Crippen LogP contribution in [-0.4, -0.2) is 27.7 Å². The van der Waals surface area contributed by atoms with E-state index in [2.05, 4.69) is 20.7 Å². The lowest BCUT2D eigenvalue weighted by Gasteiger charge is -2.13. The topological polar surface area (TPSA) is 71.8 Å². The first-order valence-corrected chi connectivity index (χ1v) is 7.77. The first-order chi connectivity index (χ1) is 10.7. The molecule has 114 valence electrons. The van der Waals surface area contributed by atoms with Crippen LogP contribution in [0.5, 0.6) is 0 Å². The molecule has 3 rings (SSSR count). The van der Waals surface area contributed by atoms with Crippen LogP contribution in [0.2, 0.25) is 0 Å². The molecule has 0 spiro atoms. The number of aryl methyl sites for hydroxylation is 1. The number of nitrogens with one attached hydrogen (secondary N) is 2. The number of amides is 1. The molecule has 22 heavy (non-hydrogen) atoms. The molecule has 0 radical (unpaired) electrons. The third-order valence-corrected chi connectivity index (χ3v) is 4.40. The number of para-hydroxylation sites is 1. The maximum absolute atomic E-state index is 12.3. The molecule has 7 heteroatoms. The number of carbonyl (C=O) groups excluding carboxylic acids is 1. The SMILES string of the molecule is CNC(C(=O)NCc1nc2ccccc2s1)c1cnn(C)c1. The van der Waals surface area contributed by atoms with Crippen molar-refractivity contribution in [2.75, 3.05) is 7.05 Å². The van der Waals surface area contributed by atoms with Crippen molar-refractivity contribution in [3.63, 3.8) is 0 Å². The van der Waals surface area contributed by atoms with Crippen LogP contribution in [0.25, 0.3) is 10.2 Å². The van der Waals surface area contributed by atoms with Gasteiger partial charge in [-0.2, -0.15) is 5.10 Å². The zero-order chi connectivity index (χ0) is 15.5. The molecular weight excluding hydrogens is 298 g/mol. The van der Waals surface area contributed by atoms with Gasteiger partial charge in [-0.15, -0.1) is 11.3 Å². The van der Waals surface area contributed by atoms with Gasteiger partial charge in [-0.05, 0) is 19.2 Å². The van der Waals surface area contributed by atoms with Gasteiger partial charge >= 0.3 is 0 Å². The number of hydrogen-bond donors (Lipinski definition) is 2. The summed E-state index contributed by atoms with van der Waals surface area (Å²) in [6.45, 7) is 0.427. The van der Waals surface area contributed by atoms with E-state index in [0.29, 0.717) is 6.54 Å². The van der Waals surface area contributed by atoms with Crippen molar-refractivity contribution in [3.8, 4) is 0 Å². The normalized spacial score (nSPS) is 12.5. The van der Waals surface area contributed by atoms with Crippen molar-refractivity contribution in [2.45, 2.75) is 12.6 Å². The highest BCUT2D eigenvalue weighted by Crippen LogP contribution is 2.21. The average Bonchev–Trinajstić information content (AvgIpc) is 3.12. The second-order valence-corrected chi connectivity index (χ2v) is 6.08. The molecule has 0 aliphatic rings. The predicted molar refractivity (Wildman–Crippen MR) is 86.5 cm³/mol. The number of likely N-dealkylation sites (N-methyl/N-ethyl adjacent to an activating group) is 1. The second-order valence-electron chi connectivity index (χ2n) is 4.96. The zero-order valence-corrected chi connectivity index (χ0v) is 13.2. The van der Waals surface area contributed by atoms with Gasteiger partial charge in [-0.1, -0.05) is 12.1 Å². The van der Waals surface area contributed by atoms with Crippen LogP contribution in [0.1, 0.15) is 16.6 Å². The predicted octanol–water partition coefficient (Wildman–Crippen LogP) is 1.61. The van der Waals surface area contributed by atoms with E-state index in [1.165, 1.54) is 0 Å². The van der Waals surface area contributed by atoms with E-state index in [-0.39, 0.29) is 5.91 Å². The fraction of sp³-hybridized carbons (Fsp3) is 0.267. The molecule has 1 unspecified atom stereocenters. The molecule has 1 atom stereocenters. The van der Waals surface area contributed by atoms with Crippen molar-refractivity contribution >= 4 is 27.5 Å². The third-order valence-electron chi connectivity index (χ3n) is 3.36. The Balaban J connectivity index is 1.68. The lowest BCUT2D eigenvalue weighted by Crippen LogP contribution is -2.35. The van der Waals surface area contributed by atoms with E-state index in [9.17, 15) is 4.79 Å². The molecule has 0 aliphatic carbocycles. The van der Waals surface area contributed by atoms with Crippen LogP contribution in [-0.2, 0) is 18.4 Å². The minimum atomic E-state index is -0.414. The maximum atomic E-state index is 12.3. The van der Waals surface area contributed by atoms with Gasteiger partial charge in [0.15, 0.2) is 0 Å². The highest BCUT2D eigenvalue weighted by Gasteiger charge is 2.20. The van der Waals surface area contributed by atoms with Gasteiger partial charge in [0, 0.05) is 18.8 Å². The monoisotopic (exact) mass is 315 g/mol. The highest BCUT2D eigenvalue weighted by atomic mass is 32.1. The van der Waals surface area contributed by atoms with Gasteiger partial charge in [0.2, 0.25) is 5.91 Å². The Hall–Kier alpha value is -2.25. The summed E-state index contributed by atoms with van der Waals surface area (Å²) in [6, 6.07) is 7.54. The van der Waals surface area contributed by atoms with Crippen LogP contribution in [0, 0.1) is 0 Å². The van der Waals surface area contributed by atoms with E-state index in [1.807, 2.05) is 37.5 Å². The quantitative estimate of drug-likeness (QED) is 0.750. The molecule has 0 fully saturated rings. The minimum absolute atomic E-state index is 0.0882. The minimum Gasteiger partial charge on any atom is -0.348 e. The Kier molecular flexibility index (Phi) is 4.17. The summed E-state index contributed by atoms with van der Waals surface area (Å²) in [5, 5.41) is 10.9. The number of thiazole rings is 1. The van der Waals surface area contributed by atoms with Gasteiger partial charge in [0.05, 0.1) is 23.0 Å². The largest absolute Gasteiger partial charge is 0.348 e. The fourth-order valence-corrected chi connectivity index (χ4v) is 3.21. The number of carbonyl (C=O) groups is 1. The molecule has 3 aromatic rings. The molecule has 2 N–H and O–H groups in total. The van der Waals surface area contributed by atoms with Gasteiger partial charge in [-0.3, -0.25) is 9.48 Å². The van der Waals surface area contributed by atoms with Crippen molar-refractivity contribution in [2.24, 2.45) is 7.05 Å². The van der Waals surface area contributed by atoms with Crippen LogP contribution < -0.4 is 10.6 Å². The van der Waals surface area contributed by atoms with Crippen LogP contribution in [0.3, 0.4) is 0 Å². The maximum Gasteiger partial charge on any atom is 0.242 e. The first kappa shape index (κ1) is 14.7. The number of hydrogen-bond acceptors (Lipinski definition) is 5. The highest BCUT2D eigenvalue weighted by molar-refractivity contribution is 7.18. The summed E-state index contributed by atoms with van der Waals surface area (Å²) in [6.07, 6.45) is 3.52. The van der Waals surface area contributed by atoms with E-state index >= 15 is 0 Å². The number of benzene rings is 1. The van der Waals surface area contributed by atoms with Crippen molar-refractivity contribution in [1.82, 2.24) is 25.4 Å². The van der Waals surface area contributed by atoms with Gasteiger partial charge in [0.1, 0.15) is 11.0 Å². The van der Waals surface area contributed by atoms with Crippen molar-refractivity contribution < 1.29 is 4.79 Å². The van der Waals surface area contributed by atoms with Crippen molar-refractivity contribution in [3.05, 3.63) is 47.2 Å². The molecule has 1 aromatic carbocycles. The Morgan fingerprint density at radius 1 is 1.41 bits per heavy atom. The summed E-state index contributed by atoms with van der Waals surface area (Å²) < 4.78 is 2.81. The molecule has 1 amide bonds. The molecule has 0 saturated heterocycles. The summed E-state index contributed by atoms with van der Waals surface area (Å²) in [4.78, 5) is 16.9. The molecule has 2 aromatic heterocycles. The van der Waals surface area contributed by atoms with Gasteiger partial charge in [0.25, 0.3) is 0 Å². The summed E-state index contributed by atoms with van der Waals surface area (Å²) >= 11 is 1.60. The van der Waals surface area contributed by atoms with E-state index in [4.69, 9.17) is 0 Å². The number of aromatic nitrogens is 3. The fourth-order valence-electron chi connectivity index (χ4n) is 2.30. The summed E-state index contributed by atoms with van der Waals surface area (Å²) in [5.74, 6) is -0.0882. The van der Waals surface area contributed by atoms with Crippen LogP contribution in [0.4, 0.5) is 0 Å². The third kappa shape index (κ3) is 3.00. The Bertz CT molecular complexity index is 761. The zero-order valence-electron chi connectivity index (χ0n) is 12.4. The molecular formula is C15H17N5OS. The van der Waals surface area contributed by atoms with Gasteiger partial charge < -0.3 is 10.6 Å². The van der Waals surface area contributed by atoms with Crippen LogP contribution >= 0.6 is 11.3 Å². The number of fused-ring (bicyclic) bond motifs is 1. The van der Waals surface area contributed by atoms with E-state index in [0.717, 1.165) is 20.8 Å². The lowest BCUT2D eigenvalue weighted by atomic mass is 10.1. The number of rotatable bonds is 5. The Labute approximate surface area is 132 Å². The Morgan fingerprint density at radius 2 is 2.23 bits per heavy atom. The smallest absolute Gasteiger partial charge is 0.242 e. The van der Waals surface area contributed by atoms with Gasteiger partial charge in [-0.25, -0.2) is 4.98 Å². The second kappa shape index (κ2) is 6.25. The van der Waals surface area contributed by atoms with Crippen molar-refractivity contribution in [1.29, 1.82) is 0 Å². The standard InChI is InChI=1S/C15H17N5OS/c1-16-14(10-7-18-20(2)9-10)15(21)17-8-13-19-11-5-3-4-6-12(11)22-13/h3-7,9,14,16H,8H2,1-2H3,(H,17,21). The number of nitrogens with zero attached hydrogens (tertiary/aromatic N) is 3.